The Kier molecular flexibility index (Phi) is 8.70. The summed E-state index contributed by atoms with van der Waals surface area (Å²) in [6, 6.07) is 1.69. The van der Waals surface area contributed by atoms with Crippen LogP contribution < -0.4 is 16.0 Å². The number of rotatable bonds is 6. The first-order valence-electron chi connectivity index (χ1n) is 6.31. The number of halogens is 1. The van der Waals surface area contributed by atoms with E-state index in [0.29, 0.717) is 22.9 Å². The summed E-state index contributed by atoms with van der Waals surface area (Å²) >= 11 is 0. The number of nitrogen functional groups attached to an aromatic ring is 1. The molecule has 3 N–H and O–H groups in total. The molecule has 0 aliphatic rings. The summed E-state index contributed by atoms with van der Waals surface area (Å²) in [4.78, 5) is 4.05. The van der Waals surface area contributed by atoms with Crippen LogP contribution in [0.5, 0.6) is 5.88 Å². The number of allylic oxidation sites excluding steroid dienone is 3. The fourth-order valence-electron chi connectivity index (χ4n) is 1.31. The fraction of sp³-hybridized carbons (Fsp3) is 0.267. The lowest BCUT2D eigenvalue weighted by Crippen LogP contribution is -2.09. The van der Waals surface area contributed by atoms with Crippen LogP contribution in [0.25, 0.3) is 0 Å². The first-order valence-corrected chi connectivity index (χ1v) is 6.31. The molecule has 0 aliphatic heterocycles. The lowest BCUT2D eigenvalue weighted by atomic mass is 10.2. The highest BCUT2D eigenvalue weighted by molar-refractivity contribution is 5.49. The number of hydrazine groups is 1. The van der Waals surface area contributed by atoms with Gasteiger partial charge in [-0.15, -0.1) is 0 Å². The van der Waals surface area contributed by atoms with Gasteiger partial charge < -0.3 is 10.2 Å². The summed E-state index contributed by atoms with van der Waals surface area (Å²) in [7, 11) is 0. The summed E-state index contributed by atoms with van der Waals surface area (Å²) in [6.45, 7) is 12.3. The van der Waals surface area contributed by atoms with E-state index in [4.69, 9.17) is 10.6 Å². The lowest BCUT2D eigenvalue weighted by molar-refractivity contribution is 0.413. The zero-order valence-electron chi connectivity index (χ0n) is 12.2. The van der Waals surface area contributed by atoms with E-state index in [1.165, 1.54) is 18.3 Å². The first kappa shape index (κ1) is 17.9. The maximum Gasteiger partial charge on any atom is 0.219 e. The van der Waals surface area contributed by atoms with Crippen molar-refractivity contribution >= 4 is 5.69 Å². The molecule has 20 heavy (non-hydrogen) atoms. The van der Waals surface area contributed by atoms with Crippen LogP contribution in [0, 0.1) is 6.92 Å². The highest BCUT2D eigenvalue weighted by Crippen LogP contribution is 2.20. The van der Waals surface area contributed by atoms with E-state index < -0.39 is 6.67 Å². The highest BCUT2D eigenvalue weighted by Gasteiger charge is 2.06. The maximum absolute atomic E-state index is 12.7. The highest BCUT2D eigenvalue weighted by atomic mass is 19.1. The molecule has 1 aromatic rings. The number of aromatic nitrogens is 1. The SMILES string of the molecule is C=C/C(CF)=C(\C=C)Oc1cc(C)c(NN)cn1.CC. The molecule has 0 saturated heterocycles. The Morgan fingerprint density at radius 3 is 2.50 bits per heavy atom. The minimum Gasteiger partial charge on any atom is -0.439 e. The van der Waals surface area contributed by atoms with Gasteiger partial charge >= 0.3 is 0 Å². The minimum atomic E-state index is -0.674. The van der Waals surface area contributed by atoms with Crippen molar-refractivity contribution < 1.29 is 9.13 Å². The van der Waals surface area contributed by atoms with Crippen molar-refractivity contribution in [2.24, 2.45) is 5.84 Å². The number of hydrogen-bond acceptors (Lipinski definition) is 4. The molecule has 0 atom stereocenters. The van der Waals surface area contributed by atoms with E-state index in [2.05, 4.69) is 23.6 Å². The average molecular weight is 279 g/mol. The number of nitrogens with one attached hydrogen (secondary N) is 1. The Balaban J connectivity index is 0.00000172. The molecule has 0 bridgehead atoms. The summed E-state index contributed by atoms with van der Waals surface area (Å²) in [5, 5.41) is 0. The van der Waals surface area contributed by atoms with Gasteiger partial charge in [-0.05, 0) is 18.6 Å². The Morgan fingerprint density at radius 2 is 2.10 bits per heavy atom. The third kappa shape index (κ3) is 4.85. The van der Waals surface area contributed by atoms with Gasteiger partial charge in [0.25, 0.3) is 0 Å². The van der Waals surface area contributed by atoms with E-state index in [1.54, 1.807) is 6.07 Å². The molecule has 0 unspecified atom stereocenters. The first-order chi connectivity index (χ1) is 9.65. The van der Waals surface area contributed by atoms with Gasteiger partial charge in [0.2, 0.25) is 5.88 Å². The molecule has 0 aliphatic carbocycles. The molecular formula is C15H22FN3O. The Bertz CT molecular complexity index is 484. The van der Waals surface area contributed by atoms with Crippen LogP contribution in [0.4, 0.5) is 10.1 Å². The van der Waals surface area contributed by atoms with Crippen molar-refractivity contribution in [2.75, 3.05) is 12.1 Å². The summed E-state index contributed by atoms with van der Waals surface area (Å²) in [6.07, 6.45) is 4.34. The van der Waals surface area contributed by atoms with Gasteiger partial charge in [-0.2, -0.15) is 0 Å². The van der Waals surface area contributed by atoms with E-state index in [0.717, 1.165) is 5.56 Å². The predicted octanol–water partition coefficient (Wildman–Crippen LogP) is 3.68. The molecule has 0 aromatic carbocycles. The lowest BCUT2D eigenvalue weighted by Gasteiger charge is -2.10. The minimum absolute atomic E-state index is 0.299. The third-order valence-corrected chi connectivity index (χ3v) is 2.35. The quantitative estimate of drug-likeness (QED) is 0.361. The van der Waals surface area contributed by atoms with Crippen LogP contribution in [0.2, 0.25) is 0 Å². The second-order valence-electron chi connectivity index (χ2n) is 3.52. The van der Waals surface area contributed by atoms with E-state index in [-0.39, 0.29) is 0 Å². The number of aryl methyl sites for hydroxylation is 1. The number of ether oxygens (including phenoxy) is 1. The monoisotopic (exact) mass is 279 g/mol. The molecule has 0 amide bonds. The molecule has 1 rings (SSSR count). The van der Waals surface area contributed by atoms with E-state index >= 15 is 0 Å². The average Bonchev–Trinajstić information content (AvgIpc) is 2.49. The van der Waals surface area contributed by atoms with Gasteiger partial charge in [0.1, 0.15) is 12.4 Å². The Morgan fingerprint density at radius 1 is 1.45 bits per heavy atom. The zero-order chi connectivity index (χ0) is 15.5. The Hall–Kier alpha value is -2.14. The molecule has 0 fully saturated rings. The van der Waals surface area contributed by atoms with Crippen molar-refractivity contribution in [1.82, 2.24) is 4.98 Å². The fourth-order valence-corrected chi connectivity index (χ4v) is 1.31. The van der Waals surface area contributed by atoms with Crippen molar-refractivity contribution in [2.45, 2.75) is 20.8 Å². The third-order valence-electron chi connectivity index (χ3n) is 2.35. The summed E-state index contributed by atoms with van der Waals surface area (Å²) in [5.41, 5.74) is 4.40. The molecule has 0 spiro atoms. The molecule has 0 saturated carbocycles. The second kappa shape index (κ2) is 9.75. The van der Waals surface area contributed by atoms with Crippen LogP contribution in [0.1, 0.15) is 19.4 Å². The summed E-state index contributed by atoms with van der Waals surface area (Å²) < 4.78 is 18.2. The molecular weight excluding hydrogens is 257 g/mol. The van der Waals surface area contributed by atoms with Gasteiger partial charge in [0.15, 0.2) is 0 Å². The smallest absolute Gasteiger partial charge is 0.219 e. The van der Waals surface area contributed by atoms with Gasteiger partial charge in [-0.3, -0.25) is 5.84 Å². The zero-order valence-corrected chi connectivity index (χ0v) is 12.2. The molecule has 0 radical (unpaired) electrons. The number of alkyl halides is 1. The molecule has 5 heteroatoms. The van der Waals surface area contributed by atoms with E-state index in [9.17, 15) is 4.39 Å². The van der Waals surface area contributed by atoms with Gasteiger partial charge in [0, 0.05) is 11.6 Å². The number of nitrogens with two attached hydrogens (primary N) is 1. The molecule has 1 aromatic heterocycles. The van der Waals surface area contributed by atoms with E-state index in [1.807, 2.05) is 20.8 Å². The van der Waals surface area contributed by atoms with Crippen LogP contribution in [-0.2, 0) is 0 Å². The topological polar surface area (TPSA) is 60.2 Å². The van der Waals surface area contributed by atoms with Crippen molar-refractivity contribution in [3.63, 3.8) is 0 Å². The van der Waals surface area contributed by atoms with Crippen LogP contribution in [0.3, 0.4) is 0 Å². The maximum atomic E-state index is 12.7. The van der Waals surface area contributed by atoms with Gasteiger partial charge in [-0.1, -0.05) is 33.1 Å². The normalized spacial score (nSPS) is 10.7. The van der Waals surface area contributed by atoms with Gasteiger partial charge in [-0.25, -0.2) is 9.37 Å². The standard InChI is InChI=1S/C13H16FN3O.C2H6/c1-4-10(7-14)12(5-2)18-13-6-9(3)11(17-15)8-16-13;1-2/h4-6,8,17H,1-2,7,15H2,3H3;1-2H3/b12-10-;. The number of anilines is 1. The van der Waals surface area contributed by atoms with Crippen molar-refractivity contribution in [3.05, 3.63) is 54.5 Å². The number of pyridine rings is 1. The van der Waals surface area contributed by atoms with Crippen LogP contribution >= 0.6 is 0 Å². The van der Waals surface area contributed by atoms with Crippen LogP contribution in [-0.4, -0.2) is 11.7 Å². The van der Waals surface area contributed by atoms with Crippen LogP contribution in [0.15, 0.2) is 48.9 Å². The van der Waals surface area contributed by atoms with Crippen molar-refractivity contribution in [3.8, 4) is 5.88 Å². The number of hydrogen-bond donors (Lipinski definition) is 2. The molecule has 1 heterocycles. The second-order valence-corrected chi connectivity index (χ2v) is 3.52. The largest absolute Gasteiger partial charge is 0.439 e. The Labute approximate surface area is 119 Å². The summed E-state index contributed by atoms with van der Waals surface area (Å²) in [5.74, 6) is 5.94. The molecule has 4 nitrogen and oxygen atoms in total. The predicted molar refractivity (Wildman–Crippen MR) is 82.2 cm³/mol. The molecule has 110 valence electrons. The number of nitrogens with zero attached hydrogens (tertiary/aromatic N) is 1. The van der Waals surface area contributed by atoms with Crippen molar-refractivity contribution in [1.29, 1.82) is 0 Å². The van der Waals surface area contributed by atoms with Gasteiger partial charge in [0.05, 0.1) is 11.9 Å².